The molecule has 3 rings (SSSR count). The van der Waals surface area contributed by atoms with Gasteiger partial charge in [0.05, 0.1) is 0 Å². The lowest BCUT2D eigenvalue weighted by molar-refractivity contribution is 0.0952. The van der Waals surface area contributed by atoms with Crippen molar-refractivity contribution in [1.82, 2.24) is 20.3 Å². The Morgan fingerprint density at radius 3 is 2.62 bits per heavy atom. The maximum absolute atomic E-state index is 12.4. The highest BCUT2D eigenvalue weighted by atomic mass is 16.1. The molecule has 0 unspecified atom stereocenters. The summed E-state index contributed by atoms with van der Waals surface area (Å²) in [5.74, 6) is 2.02. The zero-order chi connectivity index (χ0) is 18.4. The number of nitrogens with zero attached hydrogens (tertiary/aromatic N) is 3. The summed E-state index contributed by atoms with van der Waals surface area (Å²) in [6, 6.07) is 11.5. The van der Waals surface area contributed by atoms with Crippen LogP contribution in [0.3, 0.4) is 0 Å². The Kier molecular flexibility index (Phi) is 5.58. The number of hydrogen-bond acceptors (Lipinski definition) is 6. The Labute approximate surface area is 152 Å². The molecule has 134 valence electrons. The van der Waals surface area contributed by atoms with Gasteiger partial charge in [-0.15, -0.1) is 0 Å². The van der Waals surface area contributed by atoms with Gasteiger partial charge in [-0.25, -0.2) is 9.97 Å². The zero-order valence-electron chi connectivity index (χ0n) is 14.9. The molecule has 0 fully saturated rings. The van der Waals surface area contributed by atoms with Gasteiger partial charge in [0.25, 0.3) is 5.91 Å². The summed E-state index contributed by atoms with van der Waals surface area (Å²) in [5.41, 5.74) is 0.440. The number of aromatic nitrogens is 3. The summed E-state index contributed by atoms with van der Waals surface area (Å²) >= 11 is 0. The van der Waals surface area contributed by atoms with Crippen LogP contribution < -0.4 is 16.0 Å². The molecule has 0 saturated carbocycles. The average molecular weight is 350 g/mol. The molecule has 0 aliphatic heterocycles. The summed E-state index contributed by atoms with van der Waals surface area (Å²) in [6.07, 6.45) is 1.65. The highest BCUT2D eigenvalue weighted by Crippen LogP contribution is 2.16. The summed E-state index contributed by atoms with van der Waals surface area (Å²) in [5, 5.41) is 11.1. The van der Waals surface area contributed by atoms with Crippen LogP contribution >= 0.6 is 0 Å². The number of pyridine rings is 1. The summed E-state index contributed by atoms with van der Waals surface area (Å²) in [7, 11) is 0. The maximum atomic E-state index is 12.4. The standard InChI is InChI=1S/C19H22N6O/c1-3-20-16-12-17(25-13(2)24-16)21-10-11-23-19(26)18-15-7-5-4-6-14(15)8-9-22-18/h4-9,12H,3,10-11H2,1-2H3,(H,23,26)(H2,20,21,24,25). The number of fused-ring (bicyclic) bond motifs is 1. The van der Waals surface area contributed by atoms with Gasteiger partial charge < -0.3 is 16.0 Å². The normalized spacial score (nSPS) is 10.5. The third-order valence-corrected chi connectivity index (χ3v) is 3.80. The van der Waals surface area contributed by atoms with Crippen LogP contribution in [0.2, 0.25) is 0 Å². The number of hydrogen-bond donors (Lipinski definition) is 3. The van der Waals surface area contributed by atoms with E-state index >= 15 is 0 Å². The molecule has 0 spiro atoms. The summed E-state index contributed by atoms with van der Waals surface area (Å²) in [4.78, 5) is 25.3. The molecule has 3 N–H and O–H groups in total. The van der Waals surface area contributed by atoms with Gasteiger partial charge in [-0.05, 0) is 25.3 Å². The van der Waals surface area contributed by atoms with Crippen molar-refractivity contribution in [2.24, 2.45) is 0 Å². The van der Waals surface area contributed by atoms with Gasteiger partial charge in [-0.3, -0.25) is 9.78 Å². The summed E-state index contributed by atoms with van der Waals surface area (Å²) < 4.78 is 0. The number of carbonyl (C=O) groups excluding carboxylic acids is 1. The minimum absolute atomic E-state index is 0.184. The predicted molar refractivity (Wildman–Crippen MR) is 103 cm³/mol. The first-order valence-electron chi connectivity index (χ1n) is 8.62. The maximum Gasteiger partial charge on any atom is 0.270 e. The number of carbonyl (C=O) groups is 1. The van der Waals surface area contributed by atoms with Gasteiger partial charge in [0.15, 0.2) is 0 Å². The van der Waals surface area contributed by atoms with Crippen molar-refractivity contribution in [2.45, 2.75) is 13.8 Å². The SMILES string of the molecule is CCNc1cc(NCCNC(=O)c2nccc3ccccc23)nc(C)n1. The lowest BCUT2D eigenvalue weighted by Gasteiger charge is -2.10. The lowest BCUT2D eigenvalue weighted by atomic mass is 10.1. The van der Waals surface area contributed by atoms with Crippen molar-refractivity contribution >= 4 is 28.3 Å². The first-order valence-corrected chi connectivity index (χ1v) is 8.62. The molecule has 26 heavy (non-hydrogen) atoms. The highest BCUT2D eigenvalue weighted by Gasteiger charge is 2.10. The van der Waals surface area contributed by atoms with Crippen LogP contribution in [0.15, 0.2) is 42.6 Å². The second-order valence-electron chi connectivity index (χ2n) is 5.78. The Morgan fingerprint density at radius 1 is 1.04 bits per heavy atom. The van der Waals surface area contributed by atoms with Crippen LogP contribution in [-0.2, 0) is 0 Å². The monoisotopic (exact) mass is 350 g/mol. The van der Waals surface area contributed by atoms with Gasteiger partial charge in [0.1, 0.15) is 23.2 Å². The Hall–Kier alpha value is -3.22. The largest absolute Gasteiger partial charge is 0.370 e. The van der Waals surface area contributed by atoms with Crippen molar-refractivity contribution in [3.63, 3.8) is 0 Å². The van der Waals surface area contributed by atoms with Crippen molar-refractivity contribution in [2.75, 3.05) is 30.3 Å². The molecule has 0 aliphatic rings. The van der Waals surface area contributed by atoms with Crippen LogP contribution in [0.4, 0.5) is 11.6 Å². The van der Waals surface area contributed by atoms with E-state index in [-0.39, 0.29) is 5.91 Å². The minimum Gasteiger partial charge on any atom is -0.370 e. The summed E-state index contributed by atoms with van der Waals surface area (Å²) in [6.45, 7) is 5.67. The van der Waals surface area contributed by atoms with E-state index in [2.05, 4.69) is 30.9 Å². The Balaban J connectivity index is 1.57. The van der Waals surface area contributed by atoms with E-state index in [0.717, 1.165) is 29.0 Å². The van der Waals surface area contributed by atoms with Crippen LogP contribution in [-0.4, -0.2) is 40.5 Å². The number of amides is 1. The lowest BCUT2D eigenvalue weighted by Crippen LogP contribution is -2.29. The van der Waals surface area contributed by atoms with Crippen LogP contribution in [0.1, 0.15) is 23.2 Å². The van der Waals surface area contributed by atoms with Crippen molar-refractivity contribution < 1.29 is 4.79 Å². The molecular formula is C19H22N6O. The fourth-order valence-electron chi connectivity index (χ4n) is 2.68. The van der Waals surface area contributed by atoms with E-state index in [4.69, 9.17) is 0 Å². The molecule has 1 aromatic carbocycles. The molecule has 0 bridgehead atoms. The fourth-order valence-corrected chi connectivity index (χ4v) is 2.68. The molecule has 0 saturated heterocycles. The Morgan fingerprint density at radius 2 is 1.81 bits per heavy atom. The molecule has 0 radical (unpaired) electrons. The third kappa shape index (κ3) is 4.24. The van der Waals surface area contributed by atoms with E-state index in [9.17, 15) is 4.79 Å². The molecule has 1 amide bonds. The average Bonchev–Trinajstić information content (AvgIpc) is 2.64. The molecular weight excluding hydrogens is 328 g/mol. The predicted octanol–water partition coefficient (Wildman–Crippen LogP) is 2.61. The third-order valence-electron chi connectivity index (χ3n) is 3.80. The quantitative estimate of drug-likeness (QED) is 0.567. The number of anilines is 2. The van der Waals surface area contributed by atoms with Gasteiger partial charge >= 0.3 is 0 Å². The van der Waals surface area contributed by atoms with Crippen molar-refractivity contribution in [3.8, 4) is 0 Å². The number of rotatable bonds is 7. The number of aryl methyl sites for hydroxylation is 1. The van der Waals surface area contributed by atoms with E-state index in [1.807, 2.05) is 50.2 Å². The molecule has 7 nitrogen and oxygen atoms in total. The smallest absolute Gasteiger partial charge is 0.270 e. The second kappa shape index (κ2) is 8.24. The zero-order valence-corrected chi connectivity index (χ0v) is 14.9. The van der Waals surface area contributed by atoms with Gasteiger partial charge in [0, 0.05) is 37.3 Å². The van der Waals surface area contributed by atoms with E-state index in [0.29, 0.717) is 24.6 Å². The molecule has 7 heteroatoms. The molecule has 0 atom stereocenters. The second-order valence-corrected chi connectivity index (χ2v) is 5.78. The van der Waals surface area contributed by atoms with Crippen molar-refractivity contribution in [1.29, 1.82) is 0 Å². The first kappa shape index (κ1) is 17.6. The van der Waals surface area contributed by atoms with Crippen LogP contribution in [0, 0.1) is 6.92 Å². The number of nitrogens with one attached hydrogen (secondary N) is 3. The van der Waals surface area contributed by atoms with Crippen LogP contribution in [0.25, 0.3) is 10.8 Å². The minimum atomic E-state index is -0.184. The molecule has 2 aromatic heterocycles. The van der Waals surface area contributed by atoms with Gasteiger partial charge in [-0.1, -0.05) is 24.3 Å². The topological polar surface area (TPSA) is 91.8 Å². The van der Waals surface area contributed by atoms with Gasteiger partial charge in [-0.2, -0.15) is 0 Å². The highest BCUT2D eigenvalue weighted by molar-refractivity contribution is 6.05. The van der Waals surface area contributed by atoms with E-state index < -0.39 is 0 Å². The molecule has 0 aliphatic carbocycles. The fraction of sp³-hybridized carbons (Fsp3) is 0.263. The van der Waals surface area contributed by atoms with Crippen molar-refractivity contribution in [3.05, 3.63) is 54.1 Å². The number of benzene rings is 1. The van der Waals surface area contributed by atoms with E-state index in [1.165, 1.54) is 0 Å². The molecule has 2 heterocycles. The van der Waals surface area contributed by atoms with Gasteiger partial charge in [0.2, 0.25) is 0 Å². The van der Waals surface area contributed by atoms with Crippen LogP contribution in [0.5, 0.6) is 0 Å². The Bertz CT molecular complexity index is 906. The molecule has 3 aromatic rings. The van der Waals surface area contributed by atoms with E-state index in [1.54, 1.807) is 6.20 Å². The first-order chi connectivity index (χ1) is 12.7.